The molecule has 0 aliphatic rings. The van der Waals surface area contributed by atoms with Crippen LogP contribution in [0.15, 0.2) is 78.9 Å². The first kappa shape index (κ1) is 17.3. The van der Waals surface area contributed by atoms with Crippen LogP contribution in [-0.4, -0.2) is 20.1 Å². The molecule has 0 aromatic heterocycles. The lowest BCUT2D eigenvalue weighted by molar-refractivity contribution is 0.0600. The summed E-state index contributed by atoms with van der Waals surface area (Å²) in [6.07, 6.45) is 0. The van der Waals surface area contributed by atoms with Gasteiger partial charge in [0.1, 0.15) is 0 Å². The Balaban J connectivity index is 2.06. The average Bonchev–Trinajstić information content (AvgIpc) is 2.72. The van der Waals surface area contributed by atoms with Gasteiger partial charge in [0.05, 0.1) is 18.4 Å². The van der Waals surface area contributed by atoms with E-state index in [0.717, 1.165) is 22.5 Å². The van der Waals surface area contributed by atoms with E-state index in [-0.39, 0.29) is 5.97 Å². The summed E-state index contributed by atoms with van der Waals surface area (Å²) in [6, 6.07) is 25.2. The van der Waals surface area contributed by atoms with E-state index < -0.39 is 0 Å². The van der Waals surface area contributed by atoms with Crippen LogP contribution in [0.2, 0.25) is 0 Å². The molecule has 0 N–H and O–H groups in total. The number of anilines is 2. The van der Waals surface area contributed by atoms with Crippen LogP contribution < -0.4 is 4.90 Å². The fourth-order valence-corrected chi connectivity index (χ4v) is 2.63. The molecule has 0 atom stereocenters. The highest BCUT2D eigenvalue weighted by molar-refractivity contribution is 5.91. The molecule has 0 heterocycles. The molecular weight excluding hydrogens is 322 g/mol. The summed E-state index contributed by atoms with van der Waals surface area (Å²) < 4.78 is 4.84. The summed E-state index contributed by atoms with van der Waals surface area (Å²) in [7, 11) is 3.36. The van der Waals surface area contributed by atoms with Gasteiger partial charge in [0.15, 0.2) is 0 Å². The van der Waals surface area contributed by atoms with Crippen molar-refractivity contribution in [1.29, 1.82) is 0 Å². The van der Waals surface area contributed by atoms with Crippen LogP contribution in [0.25, 0.3) is 0 Å². The molecule has 128 valence electrons. The first-order chi connectivity index (χ1) is 12.7. The molecule has 3 aromatic carbocycles. The highest BCUT2D eigenvalue weighted by Crippen LogP contribution is 2.27. The quantitative estimate of drug-likeness (QED) is 0.513. The van der Waals surface area contributed by atoms with E-state index in [2.05, 4.69) is 16.7 Å². The Morgan fingerprint density at radius 3 is 2.19 bits per heavy atom. The highest BCUT2D eigenvalue weighted by atomic mass is 16.5. The Labute approximate surface area is 153 Å². The number of esters is 1. The van der Waals surface area contributed by atoms with E-state index in [0.29, 0.717) is 5.56 Å². The third kappa shape index (κ3) is 3.93. The highest BCUT2D eigenvalue weighted by Gasteiger charge is 2.12. The summed E-state index contributed by atoms with van der Waals surface area (Å²) in [6.45, 7) is 0. The molecule has 0 aliphatic carbocycles. The largest absolute Gasteiger partial charge is 0.465 e. The molecule has 3 heteroatoms. The van der Waals surface area contributed by atoms with Crippen LogP contribution in [0.4, 0.5) is 11.4 Å². The monoisotopic (exact) mass is 341 g/mol. The number of benzene rings is 3. The second-order valence-electron chi connectivity index (χ2n) is 5.73. The van der Waals surface area contributed by atoms with Crippen molar-refractivity contribution in [3.05, 3.63) is 95.6 Å². The summed E-state index contributed by atoms with van der Waals surface area (Å²) in [4.78, 5) is 14.0. The lowest BCUT2D eigenvalue weighted by Gasteiger charge is -2.21. The number of ether oxygens (including phenoxy) is 1. The molecule has 0 bridgehead atoms. The van der Waals surface area contributed by atoms with Gasteiger partial charge >= 0.3 is 5.97 Å². The van der Waals surface area contributed by atoms with Gasteiger partial charge in [-0.2, -0.15) is 0 Å². The molecule has 0 aliphatic heterocycles. The van der Waals surface area contributed by atoms with Gasteiger partial charge in [0, 0.05) is 23.9 Å². The van der Waals surface area contributed by atoms with E-state index in [1.165, 1.54) is 7.11 Å². The lowest BCUT2D eigenvalue weighted by atomic mass is 10.1. The van der Waals surface area contributed by atoms with Gasteiger partial charge in [-0.25, -0.2) is 4.79 Å². The van der Waals surface area contributed by atoms with Crippen molar-refractivity contribution >= 4 is 17.3 Å². The minimum Gasteiger partial charge on any atom is -0.465 e. The van der Waals surface area contributed by atoms with Gasteiger partial charge in [-0.05, 0) is 42.5 Å². The van der Waals surface area contributed by atoms with Crippen LogP contribution in [-0.2, 0) is 4.74 Å². The molecule has 0 saturated carbocycles. The van der Waals surface area contributed by atoms with Gasteiger partial charge in [-0.3, -0.25) is 0 Å². The molecule has 0 saturated heterocycles. The van der Waals surface area contributed by atoms with Gasteiger partial charge in [0.2, 0.25) is 0 Å². The number of carbonyl (C=O) groups excluding carboxylic acids is 1. The van der Waals surface area contributed by atoms with E-state index in [1.54, 1.807) is 12.1 Å². The number of carbonyl (C=O) groups is 1. The molecule has 0 unspecified atom stereocenters. The Bertz CT molecular complexity index is 954. The van der Waals surface area contributed by atoms with Gasteiger partial charge in [-0.15, -0.1) is 0 Å². The van der Waals surface area contributed by atoms with Crippen LogP contribution in [0, 0.1) is 11.8 Å². The van der Waals surface area contributed by atoms with Crippen LogP contribution in [0.5, 0.6) is 0 Å². The zero-order valence-corrected chi connectivity index (χ0v) is 14.8. The van der Waals surface area contributed by atoms with Gasteiger partial charge in [0.25, 0.3) is 0 Å². The number of methoxy groups -OCH3 is 1. The second-order valence-corrected chi connectivity index (χ2v) is 5.73. The second kappa shape index (κ2) is 8.04. The predicted octanol–water partition coefficient (Wildman–Crippen LogP) is 4.64. The number of hydrogen-bond donors (Lipinski definition) is 0. The molecule has 0 fully saturated rings. The number of hydrogen-bond acceptors (Lipinski definition) is 3. The standard InChI is InChI=1S/C23H19NO2/c1-24(21-11-7-4-8-12-21)22-16-15-20(23(25)26-2)17-19(22)14-13-18-9-5-3-6-10-18/h3-12,15-17H,1-2H3. The zero-order valence-electron chi connectivity index (χ0n) is 14.8. The third-order valence-electron chi connectivity index (χ3n) is 4.04. The van der Waals surface area contributed by atoms with Gasteiger partial charge in [-0.1, -0.05) is 48.2 Å². The van der Waals surface area contributed by atoms with E-state index >= 15 is 0 Å². The Morgan fingerprint density at radius 1 is 0.885 bits per heavy atom. The fraction of sp³-hybridized carbons (Fsp3) is 0.0870. The first-order valence-electron chi connectivity index (χ1n) is 8.27. The summed E-state index contributed by atoms with van der Waals surface area (Å²) >= 11 is 0. The lowest BCUT2D eigenvalue weighted by Crippen LogP contribution is -2.12. The third-order valence-corrected chi connectivity index (χ3v) is 4.04. The smallest absolute Gasteiger partial charge is 0.337 e. The van der Waals surface area contributed by atoms with Crippen molar-refractivity contribution in [2.24, 2.45) is 0 Å². The maximum absolute atomic E-state index is 11.9. The minimum absolute atomic E-state index is 0.373. The Hall–Kier alpha value is -3.51. The number of para-hydroxylation sites is 1. The predicted molar refractivity (Wildman–Crippen MR) is 105 cm³/mol. The maximum atomic E-state index is 11.9. The van der Waals surface area contributed by atoms with Crippen molar-refractivity contribution < 1.29 is 9.53 Å². The van der Waals surface area contributed by atoms with Crippen molar-refractivity contribution in [1.82, 2.24) is 0 Å². The van der Waals surface area contributed by atoms with Crippen molar-refractivity contribution in [2.75, 3.05) is 19.1 Å². The molecule has 3 aromatic rings. The number of nitrogens with zero attached hydrogens (tertiary/aromatic N) is 1. The van der Waals surface area contributed by atoms with Crippen molar-refractivity contribution in [2.45, 2.75) is 0 Å². The topological polar surface area (TPSA) is 29.5 Å². The van der Waals surface area contributed by atoms with Crippen molar-refractivity contribution in [3.8, 4) is 11.8 Å². The van der Waals surface area contributed by atoms with Gasteiger partial charge < -0.3 is 9.64 Å². The Kier molecular flexibility index (Phi) is 5.36. The van der Waals surface area contributed by atoms with E-state index in [1.807, 2.05) is 73.8 Å². The molecule has 26 heavy (non-hydrogen) atoms. The minimum atomic E-state index is -0.373. The molecule has 0 spiro atoms. The molecular formula is C23H19NO2. The Morgan fingerprint density at radius 2 is 1.54 bits per heavy atom. The van der Waals surface area contributed by atoms with Crippen LogP contribution in [0.1, 0.15) is 21.5 Å². The summed E-state index contributed by atoms with van der Waals surface area (Å²) in [5, 5.41) is 0. The van der Waals surface area contributed by atoms with Crippen molar-refractivity contribution in [3.63, 3.8) is 0 Å². The van der Waals surface area contributed by atoms with Crippen LogP contribution >= 0.6 is 0 Å². The summed E-state index contributed by atoms with van der Waals surface area (Å²) in [5.41, 5.74) is 4.14. The first-order valence-corrected chi connectivity index (χ1v) is 8.27. The van der Waals surface area contributed by atoms with E-state index in [4.69, 9.17) is 4.74 Å². The molecule has 3 nitrogen and oxygen atoms in total. The molecule has 0 radical (unpaired) electrons. The zero-order chi connectivity index (χ0) is 18.4. The summed E-state index contributed by atoms with van der Waals surface area (Å²) in [5.74, 6) is 5.99. The normalized spacial score (nSPS) is 9.77. The molecule has 3 rings (SSSR count). The number of rotatable bonds is 3. The maximum Gasteiger partial charge on any atom is 0.337 e. The average molecular weight is 341 g/mol. The van der Waals surface area contributed by atoms with Crippen LogP contribution in [0.3, 0.4) is 0 Å². The van der Waals surface area contributed by atoms with E-state index in [9.17, 15) is 4.79 Å². The molecule has 0 amide bonds. The fourth-order valence-electron chi connectivity index (χ4n) is 2.63. The SMILES string of the molecule is COC(=O)c1ccc(N(C)c2ccccc2)c(C#Cc2ccccc2)c1.